The Morgan fingerprint density at radius 1 is 0.283 bits per heavy atom. The predicted molar refractivity (Wildman–Crippen MR) is 259 cm³/mol. The van der Waals surface area contributed by atoms with Crippen molar-refractivity contribution in [1.82, 2.24) is 0 Å². The number of fused-ring (bicyclic) bond motifs is 8. The topological polar surface area (TPSA) is 6.48 Å². The van der Waals surface area contributed by atoms with E-state index in [9.17, 15) is 0 Å². The molecule has 0 saturated heterocycles. The number of hydrogen-bond acceptors (Lipinski definition) is 3. The van der Waals surface area contributed by atoms with Gasteiger partial charge in [0.2, 0.25) is 0 Å². The molecule has 284 valence electrons. The zero-order chi connectivity index (χ0) is 40.0. The first-order valence-electron chi connectivity index (χ1n) is 20.5. The van der Waals surface area contributed by atoms with Gasteiger partial charge in [0.15, 0.2) is 0 Å². The van der Waals surface area contributed by atoms with Crippen molar-refractivity contribution in [2.45, 2.75) is 6.92 Å². The van der Waals surface area contributed by atoms with Gasteiger partial charge in [-0.25, -0.2) is 0 Å². The summed E-state index contributed by atoms with van der Waals surface area (Å²) in [7, 11) is 0. The summed E-state index contributed by atoms with van der Waals surface area (Å²) in [5.41, 5.74) is 12.7. The van der Waals surface area contributed by atoms with Crippen LogP contribution >= 0.6 is 11.3 Å². The van der Waals surface area contributed by atoms with E-state index in [2.05, 4.69) is 241 Å². The molecule has 0 bridgehead atoms. The fourth-order valence-electron chi connectivity index (χ4n) is 8.85. The molecular formula is C57H40N2S. The molecule has 11 rings (SSSR count). The Bertz CT molecular complexity index is 3300. The minimum Gasteiger partial charge on any atom is -0.310 e. The van der Waals surface area contributed by atoms with E-state index < -0.39 is 0 Å². The number of hydrogen-bond donors (Lipinski definition) is 0. The van der Waals surface area contributed by atoms with E-state index in [1.54, 1.807) is 0 Å². The zero-order valence-electron chi connectivity index (χ0n) is 33.2. The van der Waals surface area contributed by atoms with E-state index in [1.165, 1.54) is 69.5 Å². The van der Waals surface area contributed by atoms with Gasteiger partial charge in [-0.15, -0.1) is 11.3 Å². The van der Waals surface area contributed by atoms with Crippen LogP contribution in [0.2, 0.25) is 0 Å². The van der Waals surface area contributed by atoms with Crippen molar-refractivity contribution in [3.05, 3.63) is 230 Å². The molecule has 3 heteroatoms. The van der Waals surface area contributed by atoms with E-state index in [1.807, 2.05) is 11.3 Å². The van der Waals surface area contributed by atoms with Crippen LogP contribution in [0.5, 0.6) is 0 Å². The molecule has 11 aromatic rings. The lowest BCUT2D eigenvalue weighted by atomic mass is 9.96. The molecule has 0 saturated carbocycles. The van der Waals surface area contributed by atoms with Crippen LogP contribution in [-0.2, 0) is 0 Å². The number of nitrogens with zero attached hydrogens (tertiary/aromatic N) is 2. The summed E-state index contributed by atoms with van der Waals surface area (Å²) in [6, 6.07) is 81.4. The minimum absolute atomic E-state index is 1.08. The highest BCUT2D eigenvalue weighted by Crippen LogP contribution is 2.47. The molecule has 0 amide bonds. The summed E-state index contributed by atoms with van der Waals surface area (Å²) in [6.45, 7) is 2.23. The standard InChI is InChI=1S/C57H40N2S/c1-39-15-13-26-53-55-54-38-49(35-36-51(54)50-24-11-12-25-52(50)57(55)60-56(39)53)59(45-20-9-4-10-21-45)48-23-14-22-47(37-48)58(44-18-7-3-8-19-44)46-33-31-43(32-34-46)42-29-27-41(28-30-42)40-16-5-2-6-17-40/h2-38H,1H3. The smallest absolute Gasteiger partial charge is 0.0482 e. The molecule has 0 aliphatic heterocycles. The van der Waals surface area contributed by atoms with E-state index in [4.69, 9.17) is 0 Å². The first-order chi connectivity index (χ1) is 29.7. The molecule has 10 aromatic carbocycles. The largest absolute Gasteiger partial charge is 0.310 e. The second-order valence-corrected chi connectivity index (χ2v) is 16.4. The molecule has 0 N–H and O–H groups in total. The molecular weight excluding hydrogens is 745 g/mol. The second-order valence-electron chi connectivity index (χ2n) is 15.4. The molecule has 0 atom stereocenters. The van der Waals surface area contributed by atoms with Crippen molar-refractivity contribution in [3.8, 4) is 22.3 Å². The van der Waals surface area contributed by atoms with E-state index in [-0.39, 0.29) is 0 Å². The molecule has 0 aliphatic carbocycles. The zero-order valence-corrected chi connectivity index (χ0v) is 34.0. The van der Waals surface area contributed by atoms with Crippen LogP contribution in [0, 0.1) is 6.92 Å². The third-order valence-corrected chi connectivity index (χ3v) is 13.1. The Morgan fingerprint density at radius 3 is 1.33 bits per heavy atom. The summed E-state index contributed by atoms with van der Waals surface area (Å²) in [5.74, 6) is 0. The lowest BCUT2D eigenvalue weighted by molar-refractivity contribution is 1.25. The minimum atomic E-state index is 1.08. The molecule has 1 heterocycles. The SMILES string of the molecule is Cc1cccc2c1sc1c3ccccc3c3ccc(N(c4ccccc4)c4cccc(N(c5ccccc5)c5ccc(-c6ccc(-c7ccccc7)cc6)cc5)c4)cc3c21. The predicted octanol–water partition coefficient (Wildman–Crippen LogP) is 16.9. The van der Waals surface area contributed by atoms with Gasteiger partial charge in [-0.1, -0.05) is 158 Å². The van der Waals surface area contributed by atoms with Crippen LogP contribution in [0.3, 0.4) is 0 Å². The average Bonchev–Trinajstić information content (AvgIpc) is 3.72. The van der Waals surface area contributed by atoms with Crippen molar-refractivity contribution in [2.75, 3.05) is 9.80 Å². The first-order valence-corrected chi connectivity index (χ1v) is 21.3. The van der Waals surface area contributed by atoms with Gasteiger partial charge < -0.3 is 9.80 Å². The summed E-state index contributed by atoms with van der Waals surface area (Å²) in [5, 5.41) is 7.81. The Hall–Kier alpha value is -7.46. The van der Waals surface area contributed by atoms with Gasteiger partial charge in [-0.3, -0.25) is 0 Å². The molecule has 0 fully saturated rings. The lowest BCUT2D eigenvalue weighted by Crippen LogP contribution is -2.13. The van der Waals surface area contributed by atoms with Crippen LogP contribution < -0.4 is 9.80 Å². The fraction of sp³-hybridized carbons (Fsp3) is 0.0175. The molecule has 0 spiro atoms. The summed E-state index contributed by atoms with van der Waals surface area (Å²) < 4.78 is 2.71. The normalized spacial score (nSPS) is 11.4. The first kappa shape index (κ1) is 35.7. The number of rotatable bonds is 8. The Labute approximate surface area is 354 Å². The van der Waals surface area contributed by atoms with Crippen molar-refractivity contribution in [3.63, 3.8) is 0 Å². The molecule has 60 heavy (non-hydrogen) atoms. The van der Waals surface area contributed by atoms with Gasteiger partial charge in [0, 0.05) is 59.7 Å². The highest BCUT2D eigenvalue weighted by molar-refractivity contribution is 7.27. The number of benzene rings is 10. The van der Waals surface area contributed by atoms with Gasteiger partial charge in [-0.05, 0) is 118 Å². The van der Waals surface area contributed by atoms with Crippen LogP contribution in [0.1, 0.15) is 5.56 Å². The maximum Gasteiger partial charge on any atom is 0.0482 e. The van der Waals surface area contributed by atoms with Crippen molar-refractivity contribution in [2.24, 2.45) is 0 Å². The second kappa shape index (κ2) is 15.0. The highest BCUT2D eigenvalue weighted by Gasteiger charge is 2.20. The summed E-state index contributed by atoms with van der Waals surface area (Å²) >= 11 is 1.92. The quantitative estimate of drug-likeness (QED) is 0.142. The fourth-order valence-corrected chi connectivity index (χ4v) is 10.2. The maximum atomic E-state index is 2.42. The van der Waals surface area contributed by atoms with E-state index in [0.717, 1.165) is 34.1 Å². The summed E-state index contributed by atoms with van der Waals surface area (Å²) in [4.78, 5) is 4.75. The van der Waals surface area contributed by atoms with Crippen molar-refractivity contribution in [1.29, 1.82) is 0 Å². The average molecular weight is 785 g/mol. The number of aryl methyl sites for hydroxylation is 1. The lowest BCUT2D eigenvalue weighted by Gasteiger charge is -2.29. The summed E-state index contributed by atoms with van der Waals surface area (Å²) in [6.07, 6.45) is 0. The van der Waals surface area contributed by atoms with Crippen molar-refractivity contribution < 1.29 is 0 Å². The van der Waals surface area contributed by atoms with Gasteiger partial charge in [0.05, 0.1) is 0 Å². The third kappa shape index (κ3) is 6.28. The van der Waals surface area contributed by atoms with Crippen LogP contribution in [-0.4, -0.2) is 0 Å². The van der Waals surface area contributed by atoms with E-state index in [0.29, 0.717) is 0 Å². The monoisotopic (exact) mass is 784 g/mol. The number of para-hydroxylation sites is 2. The third-order valence-electron chi connectivity index (χ3n) is 11.7. The van der Waals surface area contributed by atoms with Crippen LogP contribution in [0.4, 0.5) is 34.1 Å². The molecule has 0 unspecified atom stereocenters. The van der Waals surface area contributed by atoms with Crippen LogP contribution in [0.15, 0.2) is 224 Å². The van der Waals surface area contributed by atoms with E-state index >= 15 is 0 Å². The van der Waals surface area contributed by atoms with Gasteiger partial charge in [-0.2, -0.15) is 0 Å². The number of thiophene rings is 1. The number of anilines is 6. The van der Waals surface area contributed by atoms with Gasteiger partial charge in [0.1, 0.15) is 0 Å². The van der Waals surface area contributed by atoms with Gasteiger partial charge in [0.25, 0.3) is 0 Å². The molecule has 0 aliphatic rings. The van der Waals surface area contributed by atoms with Crippen molar-refractivity contribution >= 4 is 87.2 Å². The molecule has 1 aromatic heterocycles. The Balaban J connectivity index is 1.03. The Kier molecular flexibility index (Phi) is 8.95. The molecule has 0 radical (unpaired) electrons. The van der Waals surface area contributed by atoms with Gasteiger partial charge >= 0.3 is 0 Å². The Morgan fingerprint density at radius 2 is 0.700 bits per heavy atom. The maximum absolute atomic E-state index is 2.42. The highest BCUT2D eigenvalue weighted by atomic mass is 32.1. The van der Waals surface area contributed by atoms with Crippen LogP contribution in [0.25, 0.3) is 64.0 Å². The molecule has 2 nitrogen and oxygen atoms in total.